The second kappa shape index (κ2) is 5.98. The van der Waals surface area contributed by atoms with Gasteiger partial charge in [-0.05, 0) is 75.2 Å². The smallest absolute Gasteiger partial charge is 0.0447 e. The third-order valence-corrected chi connectivity index (χ3v) is 5.23. The molecule has 0 nitrogen and oxygen atoms in total. The van der Waals surface area contributed by atoms with Crippen LogP contribution in [0.5, 0.6) is 0 Å². The molecule has 4 heteroatoms. The molecule has 0 aliphatic carbocycles. The zero-order chi connectivity index (χ0) is 11.5. The fourth-order valence-electron chi connectivity index (χ4n) is 1.48. The molecule has 0 radical (unpaired) electrons. The van der Waals surface area contributed by atoms with Crippen LogP contribution in [0.2, 0.25) is 0 Å². The van der Waals surface area contributed by atoms with Crippen LogP contribution in [0.4, 0.5) is 0 Å². The van der Waals surface area contributed by atoms with Gasteiger partial charge >= 0.3 is 0 Å². The lowest BCUT2D eigenvalue weighted by atomic mass is 10.1. The lowest BCUT2D eigenvalue weighted by Gasteiger charge is -2.12. The highest BCUT2D eigenvalue weighted by Crippen LogP contribution is 2.33. The molecule has 1 heterocycles. The molecule has 0 spiro atoms. The van der Waals surface area contributed by atoms with Crippen molar-refractivity contribution in [3.63, 3.8) is 0 Å². The topological polar surface area (TPSA) is 0 Å². The highest BCUT2D eigenvalue weighted by molar-refractivity contribution is 14.1. The lowest BCUT2D eigenvalue weighted by Crippen LogP contribution is -1.96. The van der Waals surface area contributed by atoms with Crippen LogP contribution in [0.1, 0.15) is 16.0 Å². The summed E-state index contributed by atoms with van der Waals surface area (Å²) in [5.74, 6) is 0. The highest BCUT2D eigenvalue weighted by Gasteiger charge is 2.12. The first kappa shape index (κ1) is 13.1. The molecule has 1 aromatic carbocycles. The Morgan fingerprint density at radius 1 is 1.31 bits per heavy atom. The Kier molecular flexibility index (Phi) is 4.88. The van der Waals surface area contributed by atoms with E-state index in [2.05, 4.69) is 89.5 Å². The molecule has 1 unspecified atom stereocenters. The van der Waals surface area contributed by atoms with E-state index in [1.54, 1.807) is 11.3 Å². The monoisotopic (exact) mass is 470 g/mol. The van der Waals surface area contributed by atoms with Gasteiger partial charge in [-0.15, -0.1) is 0 Å². The third kappa shape index (κ3) is 3.31. The first-order valence-corrected chi connectivity index (χ1v) is 8.50. The molecule has 1 atom stereocenters. The summed E-state index contributed by atoms with van der Waals surface area (Å²) >= 11 is 11.5. The molecular formula is C12H9Br2IS. The fraction of sp³-hybridized carbons (Fsp3) is 0.167. The Hall–Kier alpha value is 0.610. The number of hydrogen-bond donors (Lipinski definition) is 0. The van der Waals surface area contributed by atoms with Gasteiger partial charge in [0.05, 0.1) is 0 Å². The molecule has 0 saturated carbocycles. The maximum atomic E-state index is 3.76. The van der Waals surface area contributed by atoms with Gasteiger partial charge in [0.25, 0.3) is 0 Å². The van der Waals surface area contributed by atoms with E-state index in [0.29, 0.717) is 4.83 Å². The summed E-state index contributed by atoms with van der Waals surface area (Å²) in [6.45, 7) is 0. The van der Waals surface area contributed by atoms with E-state index in [1.807, 2.05) is 0 Å². The number of rotatable bonds is 3. The molecule has 0 aliphatic rings. The quantitative estimate of drug-likeness (QED) is 0.392. The number of benzene rings is 1. The van der Waals surface area contributed by atoms with Crippen molar-refractivity contribution in [2.75, 3.05) is 0 Å². The molecule has 1 aromatic heterocycles. The Balaban J connectivity index is 2.20. The first-order chi connectivity index (χ1) is 7.66. The summed E-state index contributed by atoms with van der Waals surface area (Å²) < 4.78 is 2.44. The molecular weight excluding hydrogens is 463 g/mol. The summed E-state index contributed by atoms with van der Waals surface area (Å²) in [4.78, 5) is 0.367. The fourth-order valence-corrected chi connectivity index (χ4v) is 4.26. The van der Waals surface area contributed by atoms with Crippen molar-refractivity contribution in [3.05, 3.63) is 54.2 Å². The molecule has 2 rings (SSSR count). The van der Waals surface area contributed by atoms with Gasteiger partial charge in [0.15, 0.2) is 0 Å². The van der Waals surface area contributed by atoms with Crippen molar-refractivity contribution in [1.29, 1.82) is 0 Å². The Morgan fingerprint density at radius 2 is 2.12 bits per heavy atom. The average Bonchev–Trinajstić information content (AvgIpc) is 2.74. The van der Waals surface area contributed by atoms with Crippen LogP contribution in [-0.4, -0.2) is 0 Å². The van der Waals surface area contributed by atoms with Gasteiger partial charge in [-0.25, -0.2) is 0 Å². The minimum absolute atomic E-state index is 0.367. The van der Waals surface area contributed by atoms with Crippen molar-refractivity contribution >= 4 is 65.8 Å². The minimum Gasteiger partial charge on any atom is -0.152 e. The van der Waals surface area contributed by atoms with E-state index in [0.717, 1.165) is 6.42 Å². The van der Waals surface area contributed by atoms with E-state index in [1.165, 1.54) is 19.2 Å². The zero-order valence-corrected chi connectivity index (χ0v) is 14.4. The van der Waals surface area contributed by atoms with Gasteiger partial charge in [-0.3, -0.25) is 0 Å². The van der Waals surface area contributed by atoms with Crippen LogP contribution >= 0.6 is 65.8 Å². The summed E-state index contributed by atoms with van der Waals surface area (Å²) in [5.41, 5.74) is 2.70. The van der Waals surface area contributed by atoms with E-state index in [9.17, 15) is 0 Å². The number of hydrogen-bond acceptors (Lipinski definition) is 1. The van der Waals surface area contributed by atoms with Crippen molar-refractivity contribution in [2.24, 2.45) is 0 Å². The normalized spacial score (nSPS) is 12.7. The molecule has 0 fully saturated rings. The van der Waals surface area contributed by atoms with Crippen molar-refractivity contribution in [3.8, 4) is 0 Å². The van der Waals surface area contributed by atoms with E-state index < -0.39 is 0 Å². The molecule has 0 amide bonds. The third-order valence-electron chi connectivity index (χ3n) is 2.29. The Morgan fingerprint density at radius 3 is 2.81 bits per heavy atom. The standard InChI is InChI=1S/C12H9Br2IS/c13-11-2-1-9(15)6-10(11)12(14)5-8-3-4-16-7-8/h1-4,6-7,12H,5H2. The molecule has 2 aromatic rings. The molecule has 0 bridgehead atoms. The van der Waals surface area contributed by atoms with Gasteiger partial charge in [0, 0.05) is 12.9 Å². The van der Waals surface area contributed by atoms with E-state index in [4.69, 9.17) is 0 Å². The molecule has 0 N–H and O–H groups in total. The molecule has 84 valence electrons. The average molecular weight is 472 g/mol. The Bertz CT molecular complexity index is 468. The number of alkyl halides is 1. The molecule has 16 heavy (non-hydrogen) atoms. The minimum atomic E-state index is 0.367. The summed E-state index contributed by atoms with van der Waals surface area (Å²) in [6, 6.07) is 8.62. The van der Waals surface area contributed by atoms with Gasteiger partial charge in [-0.1, -0.05) is 31.9 Å². The summed E-state index contributed by atoms with van der Waals surface area (Å²) in [5, 5.41) is 4.33. The number of thiophene rings is 1. The summed E-state index contributed by atoms with van der Waals surface area (Å²) in [6.07, 6.45) is 1.03. The lowest BCUT2D eigenvalue weighted by molar-refractivity contribution is 0.947. The van der Waals surface area contributed by atoms with Gasteiger partial charge in [0.1, 0.15) is 0 Å². The van der Waals surface area contributed by atoms with Crippen molar-refractivity contribution < 1.29 is 0 Å². The highest BCUT2D eigenvalue weighted by atomic mass is 127. The van der Waals surface area contributed by atoms with Crippen LogP contribution in [0.3, 0.4) is 0 Å². The SMILES string of the molecule is Brc1ccc(I)cc1C(Br)Cc1ccsc1. The predicted molar refractivity (Wildman–Crippen MR) is 86.6 cm³/mol. The van der Waals surface area contributed by atoms with Crippen LogP contribution in [0.25, 0.3) is 0 Å². The second-order valence-electron chi connectivity index (χ2n) is 3.47. The van der Waals surface area contributed by atoms with Crippen molar-refractivity contribution in [2.45, 2.75) is 11.2 Å². The van der Waals surface area contributed by atoms with Gasteiger partial charge < -0.3 is 0 Å². The molecule has 0 aliphatic heterocycles. The van der Waals surface area contributed by atoms with Gasteiger partial charge in [0.2, 0.25) is 0 Å². The summed E-state index contributed by atoms with van der Waals surface area (Å²) in [7, 11) is 0. The van der Waals surface area contributed by atoms with Crippen LogP contribution in [0.15, 0.2) is 39.5 Å². The Labute approximate surface area is 130 Å². The van der Waals surface area contributed by atoms with Gasteiger partial charge in [-0.2, -0.15) is 11.3 Å². The van der Waals surface area contributed by atoms with E-state index in [-0.39, 0.29) is 0 Å². The maximum absolute atomic E-state index is 3.76. The molecule has 0 saturated heterocycles. The first-order valence-electron chi connectivity index (χ1n) is 4.77. The largest absolute Gasteiger partial charge is 0.152 e. The van der Waals surface area contributed by atoms with E-state index >= 15 is 0 Å². The zero-order valence-electron chi connectivity index (χ0n) is 8.29. The second-order valence-corrected chi connectivity index (χ2v) is 7.45. The number of halogens is 3. The van der Waals surface area contributed by atoms with Crippen LogP contribution in [0, 0.1) is 3.57 Å². The van der Waals surface area contributed by atoms with Crippen LogP contribution < -0.4 is 0 Å². The predicted octanol–water partition coefficient (Wildman–Crippen LogP) is 5.79. The van der Waals surface area contributed by atoms with Crippen LogP contribution in [-0.2, 0) is 6.42 Å². The van der Waals surface area contributed by atoms with Crippen molar-refractivity contribution in [1.82, 2.24) is 0 Å². The maximum Gasteiger partial charge on any atom is 0.0447 e.